The van der Waals surface area contributed by atoms with Gasteiger partial charge in [-0.3, -0.25) is 10.2 Å². The van der Waals surface area contributed by atoms with Gasteiger partial charge in [-0.1, -0.05) is 54.2 Å². The van der Waals surface area contributed by atoms with Gasteiger partial charge in [0.15, 0.2) is 11.0 Å². The number of aromatic nitrogens is 3. The van der Waals surface area contributed by atoms with Gasteiger partial charge in [0, 0.05) is 25.2 Å². The summed E-state index contributed by atoms with van der Waals surface area (Å²) in [4.78, 5) is 36.4. The van der Waals surface area contributed by atoms with Crippen molar-refractivity contribution < 1.29 is 32.2 Å². The molecule has 1 aromatic heterocycles. The van der Waals surface area contributed by atoms with Gasteiger partial charge < -0.3 is 19.7 Å². The number of benzene rings is 3. The summed E-state index contributed by atoms with van der Waals surface area (Å²) in [7, 11) is 0. The van der Waals surface area contributed by atoms with Crippen LogP contribution in [0.4, 0.5) is 23.7 Å². The van der Waals surface area contributed by atoms with Crippen LogP contribution < -0.4 is 15.5 Å². The number of thioether (sulfide) groups is 1. The Bertz CT molecular complexity index is 1940. The number of para-hydroxylation sites is 1. The number of ether oxygens (including phenoxy) is 2. The van der Waals surface area contributed by atoms with E-state index >= 15 is 0 Å². The van der Waals surface area contributed by atoms with Crippen LogP contribution in [0.2, 0.25) is 0 Å². The highest BCUT2D eigenvalue weighted by atomic mass is 32.2. The van der Waals surface area contributed by atoms with Crippen LogP contribution in [0.5, 0.6) is 5.75 Å². The number of nitrogens with one attached hydrogen (secondary N) is 2. The number of amidine groups is 1. The summed E-state index contributed by atoms with van der Waals surface area (Å²) in [6, 6.07) is 18.5. The topological polar surface area (TPSA) is 135 Å². The fourth-order valence-corrected chi connectivity index (χ4v) is 6.18. The minimum atomic E-state index is -4.77. The number of aryl methyl sites for hydroxylation is 2. The molecule has 4 aromatic rings. The molecule has 5 rings (SSSR count). The summed E-state index contributed by atoms with van der Waals surface area (Å²) in [6.45, 7) is 11.1. The van der Waals surface area contributed by atoms with Crippen LogP contribution in [0.3, 0.4) is 0 Å². The summed E-state index contributed by atoms with van der Waals surface area (Å²) in [5.41, 5.74) is 7.19. The molecule has 1 aliphatic rings. The second-order valence-corrected chi connectivity index (χ2v) is 14.7. The second kappa shape index (κ2) is 17.6. The molecular weight excluding hydrogens is 722 g/mol. The summed E-state index contributed by atoms with van der Waals surface area (Å²) in [5, 5.41) is 12.3. The molecule has 1 atom stereocenters. The Balaban J connectivity index is 1.18. The number of aliphatic imine (C=N–C) groups is 1. The molecule has 1 fully saturated rings. The molecule has 1 saturated heterocycles. The summed E-state index contributed by atoms with van der Waals surface area (Å²) in [5.74, 6) is 0.175. The Morgan fingerprint density at radius 1 is 1.02 bits per heavy atom. The molecule has 2 amide bonds. The van der Waals surface area contributed by atoms with E-state index in [1.165, 1.54) is 47.0 Å². The maximum absolute atomic E-state index is 13.0. The first kappa shape index (κ1) is 39.8. The number of alkyl halides is 3. The van der Waals surface area contributed by atoms with Crippen molar-refractivity contribution in [1.82, 2.24) is 30.4 Å². The highest BCUT2D eigenvalue weighted by molar-refractivity contribution is 8.14. The van der Waals surface area contributed by atoms with E-state index in [2.05, 4.69) is 30.7 Å². The zero-order chi connectivity index (χ0) is 38.9. The number of halogens is 3. The predicted molar refractivity (Wildman–Crippen MR) is 203 cm³/mol. The quantitative estimate of drug-likeness (QED) is 0.0961. The summed E-state index contributed by atoms with van der Waals surface area (Å²) >= 11 is 1.23. The predicted octanol–water partition coefficient (Wildman–Crippen LogP) is 7.56. The van der Waals surface area contributed by atoms with Crippen LogP contribution in [0.1, 0.15) is 50.3 Å². The molecule has 0 spiro atoms. The van der Waals surface area contributed by atoms with E-state index in [0.29, 0.717) is 36.3 Å². The third-order valence-corrected chi connectivity index (χ3v) is 8.98. The van der Waals surface area contributed by atoms with Gasteiger partial charge in [0.25, 0.3) is 0 Å². The molecule has 0 radical (unpaired) electrons. The van der Waals surface area contributed by atoms with E-state index in [9.17, 15) is 22.8 Å². The van der Waals surface area contributed by atoms with Crippen molar-refractivity contribution in [1.29, 1.82) is 0 Å². The van der Waals surface area contributed by atoms with Gasteiger partial charge in [0.1, 0.15) is 17.7 Å². The molecule has 3 aromatic carbocycles. The molecule has 12 nitrogen and oxygen atoms in total. The lowest BCUT2D eigenvalue weighted by Gasteiger charge is -2.34. The number of hydrazone groups is 1. The number of piperidine rings is 1. The fourth-order valence-electron chi connectivity index (χ4n) is 5.54. The zero-order valence-electron chi connectivity index (χ0n) is 30.7. The van der Waals surface area contributed by atoms with Crippen molar-refractivity contribution in [3.8, 4) is 22.8 Å². The molecular formula is C38H43F3N8O4S. The maximum atomic E-state index is 13.0. The minimum Gasteiger partial charge on any atom is -0.444 e. The molecule has 0 bridgehead atoms. The normalized spacial score (nSPS) is 15.3. The van der Waals surface area contributed by atoms with E-state index in [-0.39, 0.29) is 29.4 Å². The number of hydrogen-bond donors (Lipinski definition) is 2. The molecule has 0 unspecified atom stereocenters. The van der Waals surface area contributed by atoms with Crippen LogP contribution in [0.15, 0.2) is 83.2 Å². The number of nitrogens with zero attached hydrogens (tertiary/aromatic N) is 6. The Kier molecular flexibility index (Phi) is 13.0. The van der Waals surface area contributed by atoms with E-state index in [1.807, 2.05) is 77.1 Å². The Labute approximate surface area is 316 Å². The number of hydrogen-bond acceptors (Lipinski definition) is 9. The van der Waals surface area contributed by atoms with Gasteiger partial charge in [-0.25, -0.2) is 19.5 Å². The molecule has 54 heavy (non-hydrogen) atoms. The smallest absolute Gasteiger partial charge is 0.444 e. The number of carbonyl (C=O) groups excluding carboxylic acids is 2. The van der Waals surface area contributed by atoms with Crippen LogP contribution in [0, 0.1) is 19.8 Å². The van der Waals surface area contributed by atoms with Crippen molar-refractivity contribution in [2.24, 2.45) is 16.0 Å². The zero-order valence-corrected chi connectivity index (χ0v) is 31.5. The van der Waals surface area contributed by atoms with Crippen LogP contribution in [0.25, 0.3) is 17.1 Å². The Morgan fingerprint density at radius 2 is 1.72 bits per heavy atom. The van der Waals surface area contributed by atoms with Crippen LogP contribution >= 0.6 is 11.8 Å². The van der Waals surface area contributed by atoms with Crippen molar-refractivity contribution in [3.05, 3.63) is 89.7 Å². The van der Waals surface area contributed by atoms with E-state index in [1.54, 1.807) is 11.1 Å². The van der Waals surface area contributed by atoms with Crippen LogP contribution in [-0.2, 0) is 9.53 Å². The number of carbonyl (C=O) groups is 2. The molecule has 2 N–H and O–H groups in total. The van der Waals surface area contributed by atoms with Crippen molar-refractivity contribution in [3.63, 3.8) is 0 Å². The standard InChI is InChI=1S/C38H43F3N8O4S/c1-25-8-6-9-26(2)33(25)45-35(54-23-32(50)42-20-28-10-7-19-48(22-28)36(51)53-37(3,4)5)46-44-21-27-11-13-29(14-12-27)34-43-24-49(47-34)30-15-17-31(18-16-30)52-38(39,40)41/h6,8-9,11-18,21,24,28H,7,10,19-20,22-23H2,1-5H3,(H,42,50)(H,45,46)/b44-21+/t28-/m0/s1. The SMILES string of the molecule is Cc1cccc(C)c1/N=C(/N/N=C/c1ccc(-c2ncn(-c3ccc(OC(F)(F)F)cc3)n2)cc1)SCC(=O)NC[C@@H]1CCCN(C(=O)OC(C)(C)C)C1. The lowest BCUT2D eigenvalue weighted by atomic mass is 9.98. The van der Waals surface area contributed by atoms with E-state index < -0.39 is 12.0 Å². The summed E-state index contributed by atoms with van der Waals surface area (Å²) < 4.78 is 48.4. The fraction of sp³-hybridized carbons (Fsp3) is 0.368. The lowest BCUT2D eigenvalue weighted by Crippen LogP contribution is -2.45. The molecule has 286 valence electrons. The molecule has 0 saturated carbocycles. The van der Waals surface area contributed by atoms with E-state index in [4.69, 9.17) is 9.73 Å². The minimum absolute atomic E-state index is 0.106. The molecule has 16 heteroatoms. The maximum Gasteiger partial charge on any atom is 0.573 e. The molecule has 2 heterocycles. The monoisotopic (exact) mass is 764 g/mol. The Hall–Kier alpha value is -5.38. The largest absolute Gasteiger partial charge is 0.573 e. The van der Waals surface area contributed by atoms with Gasteiger partial charge in [0.05, 0.1) is 23.3 Å². The third-order valence-electron chi connectivity index (χ3n) is 8.12. The average Bonchev–Trinajstić information content (AvgIpc) is 3.61. The second-order valence-electron chi connectivity index (χ2n) is 13.7. The first-order valence-electron chi connectivity index (χ1n) is 17.3. The molecule has 0 aliphatic carbocycles. The van der Waals surface area contributed by atoms with Crippen molar-refractivity contribution >= 4 is 40.8 Å². The highest BCUT2D eigenvalue weighted by Crippen LogP contribution is 2.26. The van der Waals surface area contributed by atoms with Gasteiger partial charge in [-0.05, 0) is 94.3 Å². The van der Waals surface area contributed by atoms with Crippen molar-refractivity contribution in [2.45, 2.75) is 59.4 Å². The first-order valence-corrected chi connectivity index (χ1v) is 18.3. The average molecular weight is 765 g/mol. The Morgan fingerprint density at radius 3 is 2.39 bits per heavy atom. The van der Waals surface area contributed by atoms with Gasteiger partial charge in [-0.2, -0.15) is 5.10 Å². The highest BCUT2D eigenvalue weighted by Gasteiger charge is 2.31. The summed E-state index contributed by atoms with van der Waals surface area (Å²) in [6.07, 6.45) is -0.252. The number of amides is 2. The van der Waals surface area contributed by atoms with Gasteiger partial charge in [-0.15, -0.1) is 18.3 Å². The molecule has 1 aliphatic heterocycles. The van der Waals surface area contributed by atoms with E-state index in [0.717, 1.165) is 40.8 Å². The third kappa shape index (κ3) is 12.1. The van der Waals surface area contributed by atoms with Gasteiger partial charge >= 0.3 is 12.5 Å². The van der Waals surface area contributed by atoms with Gasteiger partial charge in [0.2, 0.25) is 5.91 Å². The first-order chi connectivity index (χ1) is 25.6. The number of likely N-dealkylation sites (tertiary alicyclic amines) is 1. The number of rotatable bonds is 10. The van der Waals surface area contributed by atoms with Crippen molar-refractivity contribution in [2.75, 3.05) is 25.4 Å². The van der Waals surface area contributed by atoms with Crippen LogP contribution in [-0.4, -0.2) is 80.4 Å². The lowest BCUT2D eigenvalue weighted by molar-refractivity contribution is -0.274.